The van der Waals surface area contributed by atoms with E-state index in [0.29, 0.717) is 17.9 Å². The molecule has 0 unspecified atom stereocenters. The van der Waals surface area contributed by atoms with Gasteiger partial charge in [-0.05, 0) is 36.1 Å². The Morgan fingerprint density at radius 1 is 1.22 bits per heavy atom. The number of rotatable bonds is 6. The van der Waals surface area contributed by atoms with E-state index in [0.717, 1.165) is 10.5 Å². The molecule has 3 rings (SSSR count). The molecule has 1 N–H and O–H groups in total. The Labute approximate surface area is 162 Å². The molecule has 2 amide bonds. The average Bonchev–Trinajstić information content (AvgIpc) is 3.16. The Hall–Kier alpha value is -2.06. The van der Waals surface area contributed by atoms with Crippen LogP contribution in [-0.4, -0.2) is 61.5 Å². The molecule has 1 aromatic carbocycles. The number of nitrogens with one attached hydrogen (secondary N) is 1. The maximum Gasteiger partial charge on any atom is 0.326 e. The van der Waals surface area contributed by atoms with Gasteiger partial charge < -0.3 is 9.47 Å². The van der Waals surface area contributed by atoms with Crippen LogP contribution < -0.4 is 10.1 Å². The summed E-state index contributed by atoms with van der Waals surface area (Å²) in [5.74, 6) is -1.17. The molecule has 0 aromatic heterocycles. The van der Waals surface area contributed by atoms with Gasteiger partial charge in [-0.1, -0.05) is 12.1 Å². The van der Waals surface area contributed by atoms with Crippen molar-refractivity contribution < 1.29 is 23.9 Å². The number of fused-ring (bicyclic) bond motifs is 1. The highest BCUT2D eigenvalue weighted by Crippen LogP contribution is 2.50. The highest BCUT2D eigenvalue weighted by atomic mass is 32.2. The Bertz CT molecular complexity index is 753. The summed E-state index contributed by atoms with van der Waals surface area (Å²) >= 11 is 1.58. The molecule has 2 aliphatic rings. The van der Waals surface area contributed by atoms with Crippen molar-refractivity contribution in [3.8, 4) is 5.75 Å². The molecule has 2 heterocycles. The Kier molecular flexibility index (Phi) is 5.48. The molecule has 0 bridgehead atoms. The van der Waals surface area contributed by atoms with E-state index in [-0.39, 0.29) is 11.8 Å². The third kappa shape index (κ3) is 3.00. The minimum atomic E-state index is -1.22. The normalized spacial score (nSPS) is 29.8. The van der Waals surface area contributed by atoms with Crippen molar-refractivity contribution in [3.05, 3.63) is 29.8 Å². The lowest BCUT2D eigenvalue weighted by Crippen LogP contribution is -2.56. The Morgan fingerprint density at radius 2 is 1.89 bits per heavy atom. The van der Waals surface area contributed by atoms with Gasteiger partial charge in [0.2, 0.25) is 11.8 Å². The second kappa shape index (κ2) is 7.52. The maximum absolute atomic E-state index is 12.9. The first-order valence-corrected chi connectivity index (χ1v) is 10.1. The van der Waals surface area contributed by atoms with Gasteiger partial charge in [-0.2, -0.15) is 11.8 Å². The second-order valence-corrected chi connectivity index (χ2v) is 7.83. The number of nitrogens with zero attached hydrogens (tertiary/aromatic N) is 1. The third-order valence-electron chi connectivity index (χ3n) is 5.60. The first-order valence-electron chi connectivity index (χ1n) is 8.71. The third-order valence-corrected chi connectivity index (χ3v) is 6.21. The summed E-state index contributed by atoms with van der Waals surface area (Å²) in [5, 5.41) is 3.33. The number of imide groups is 1. The highest BCUT2D eigenvalue weighted by Gasteiger charge is 2.67. The van der Waals surface area contributed by atoms with Crippen LogP contribution in [0.4, 0.5) is 0 Å². The molecule has 27 heavy (non-hydrogen) atoms. The molecule has 0 radical (unpaired) electrons. The largest absolute Gasteiger partial charge is 0.497 e. The van der Waals surface area contributed by atoms with E-state index < -0.39 is 29.4 Å². The number of carbonyl (C=O) groups excluding carboxylic acids is 3. The molecule has 0 aliphatic carbocycles. The van der Waals surface area contributed by atoms with E-state index in [1.54, 1.807) is 31.0 Å². The van der Waals surface area contributed by atoms with E-state index in [1.165, 1.54) is 14.2 Å². The standard InChI is InChI=1S/C19H24N2O5S/c1-21-16(22)13-14(17(21)23)19(9-10-27-4,18(24)26-3)20-15(13)11-5-7-12(25-2)8-6-11/h5-8,13-15,20H,9-10H2,1-4H3/t13-,14+,15-,19-/m1/s1. The summed E-state index contributed by atoms with van der Waals surface area (Å²) in [5.41, 5.74) is -0.387. The number of thioether (sulfide) groups is 1. The Balaban J connectivity index is 2.09. The lowest BCUT2D eigenvalue weighted by molar-refractivity contribution is -0.154. The summed E-state index contributed by atoms with van der Waals surface area (Å²) in [6, 6.07) is 6.86. The monoisotopic (exact) mass is 392 g/mol. The zero-order valence-electron chi connectivity index (χ0n) is 15.9. The Morgan fingerprint density at radius 3 is 2.44 bits per heavy atom. The van der Waals surface area contributed by atoms with Gasteiger partial charge in [-0.15, -0.1) is 0 Å². The molecule has 0 saturated carbocycles. The van der Waals surface area contributed by atoms with Gasteiger partial charge in [-0.25, -0.2) is 0 Å². The van der Waals surface area contributed by atoms with Crippen molar-refractivity contribution in [1.29, 1.82) is 0 Å². The molecule has 2 aliphatic heterocycles. The van der Waals surface area contributed by atoms with Crippen LogP contribution in [0.3, 0.4) is 0 Å². The molecule has 4 atom stereocenters. The fourth-order valence-corrected chi connectivity index (χ4v) is 4.74. The van der Waals surface area contributed by atoms with E-state index in [1.807, 2.05) is 18.4 Å². The number of likely N-dealkylation sites (tertiary alicyclic amines) is 1. The smallest absolute Gasteiger partial charge is 0.326 e. The van der Waals surface area contributed by atoms with Gasteiger partial charge in [0.05, 0.1) is 26.1 Å². The quantitative estimate of drug-likeness (QED) is 0.576. The zero-order valence-corrected chi connectivity index (χ0v) is 16.7. The van der Waals surface area contributed by atoms with Gasteiger partial charge in [-0.3, -0.25) is 24.6 Å². The summed E-state index contributed by atoms with van der Waals surface area (Å²) in [7, 11) is 4.37. The van der Waals surface area contributed by atoms with Crippen LogP contribution >= 0.6 is 11.8 Å². The number of ether oxygens (including phenoxy) is 2. The van der Waals surface area contributed by atoms with Crippen molar-refractivity contribution in [2.45, 2.75) is 18.0 Å². The van der Waals surface area contributed by atoms with Gasteiger partial charge >= 0.3 is 5.97 Å². The van der Waals surface area contributed by atoms with Crippen molar-refractivity contribution in [1.82, 2.24) is 10.2 Å². The van der Waals surface area contributed by atoms with Gasteiger partial charge in [0.1, 0.15) is 11.3 Å². The molecule has 1 aromatic rings. The predicted octanol–water partition coefficient (Wildman–Crippen LogP) is 1.24. The summed E-state index contributed by atoms with van der Waals surface area (Å²) in [6.07, 6.45) is 2.34. The second-order valence-electron chi connectivity index (χ2n) is 6.84. The van der Waals surface area contributed by atoms with Crippen LogP contribution in [0.2, 0.25) is 0 Å². The summed E-state index contributed by atoms with van der Waals surface area (Å²) < 4.78 is 10.3. The average molecular weight is 392 g/mol. The van der Waals surface area contributed by atoms with Crippen LogP contribution in [0.5, 0.6) is 5.75 Å². The lowest BCUT2D eigenvalue weighted by atomic mass is 9.78. The van der Waals surface area contributed by atoms with E-state index in [2.05, 4.69) is 5.32 Å². The molecule has 2 fully saturated rings. The van der Waals surface area contributed by atoms with Gasteiger partial charge in [0.25, 0.3) is 0 Å². The van der Waals surface area contributed by atoms with Crippen molar-refractivity contribution >= 4 is 29.5 Å². The zero-order chi connectivity index (χ0) is 19.8. The predicted molar refractivity (Wildman–Crippen MR) is 101 cm³/mol. The van der Waals surface area contributed by atoms with Crippen LogP contribution in [0.25, 0.3) is 0 Å². The molecule has 146 valence electrons. The van der Waals surface area contributed by atoms with E-state index in [9.17, 15) is 14.4 Å². The molecular formula is C19H24N2O5S. The molecule has 0 spiro atoms. The first-order chi connectivity index (χ1) is 12.9. The number of hydrogen-bond donors (Lipinski definition) is 1. The minimum Gasteiger partial charge on any atom is -0.497 e. The summed E-state index contributed by atoms with van der Waals surface area (Å²) in [4.78, 5) is 39.7. The summed E-state index contributed by atoms with van der Waals surface area (Å²) in [6.45, 7) is 0. The molecule has 8 heteroatoms. The number of amides is 2. The van der Waals surface area contributed by atoms with Crippen LogP contribution in [-0.2, 0) is 19.1 Å². The van der Waals surface area contributed by atoms with Crippen molar-refractivity contribution in [2.24, 2.45) is 11.8 Å². The molecule has 2 saturated heterocycles. The van der Waals surface area contributed by atoms with Gasteiger partial charge in [0, 0.05) is 13.1 Å². The van der Waals surface area contributed by atoms with Crippen LogP contribution in [0, 0.1) is 11.8 Å². The number of esters is 1. The SMILES string of the molecule is COC(=O)[C@]1(CCSC)N[C@H](c2ccc(OC)cc2)[C@@H]2C(=O)N(C)C(=O)[C@H]21. The first kappa shape index (κ1) is 19.7. The number of hydrogen-bond acceptors (Lipinski definition) is 7. The van der Waals surface area contributed by atoms with E-state index in [4.69, 9.17) is 9.47 Å². The van der Waals surface area contributed by atoms with Crippen LogP contribution in [0.1, 0.15) is 18.0 Å². The minimum absolute atomic E-state index is 0.270. The van der Waals surface area contributed by atoms with Gasteiger partial charge in [0.15, 0.2) is 0 Å². The molecular weight excluding hydrogens is 368 g/mol. The fourth-order valence-electron chi connectivity index (χ4n) is 4.21. The highest BCUT2D eigenvalue weighted by molar-refractivity contribution is 7.98. The topological polar surface area (TPSA) is 84.9 Å². The van der Waals surface area contributed by atoms with Crippen molar-refractivity contribution in [2.75, 3.05) is 33.3 Å². The molecule has 7 nitrogen and oxygen atoms in total. The maximum atomic E-state index is 12.9. The number of methoxy groups -OCH3 is 2. The van der Waals surface area contributed by atoms with Crippen molar-refractivity contribution in [3.63, 3.8) is 0 Å². The number of benzene rings is 1. The number of carbonyl (C=O) groups is 3. The van der Waals surface area contributed by atoms with Crippen LogP contribution in [0.15, 0.2) is 24.3 Å². The van der Waals surface area contributed by atoms with E-state index >= 15 is 0 Å². The fraction of sp³-hybridized carbons (Fsp3) is 0.526. The lowest BCUT2D eigenvalue weighted by Gasteiger charge is -2.32.